The van der Waals surface area contributed by atoms with Crippen molar-refractivity contribution in [2.45, 2.75) is 110 Å². The van der Waals surface area contributed by atoms with Crippen LogP contribution in [0.1, 0.15) is 120 Å². The second kappa shape index (κ2) is 19.9. The first kappa shape index (κ1) is 31.1. The van der Waals surface area contributed by atoms with E-state index in [1.807, 2.05) is 30.4 Å². The molecule has 2 aromatic rings. The topological polar surface area (TPSA) is 18.5 Å². The zero-order valence-corrected chi connectivity index (χ0v) is 24.6. The predicted octanol–water partition coefficient (Wildman–Crippen LogP) is 10.5. The average molecular weight is 523 g/mol. The van der Waals surface area contributed by atoms with Crippen molar-refractivity contribution >= 4 is 23.2 Å². The van der Waals surface area contributed by atoms with Crippen molar-refractivity contribution in [1.29, 1.82) is 0 Å². The van der Waals surface area contributed by atoms with Crippen LogP contribution >= 0.6 is 12.2 Å². The number of aryl methyl sites for hydroxylation is 1. The molecule has 37 heavy (non-hydrogen) atoms. The van der Waals surface area contributed by atoms with Crippen molar-refractivity contribution in [2.24, 2.45) is 0 Å². The number of thiocarbonyl (C=S) groups is 1. The summed E-state index contributed by atoms with van der Waals surface area (Å²) >= 11 is 5.64. The lowest BCUT2D eigenvalue weighted by atomic mass is 10.0. The van der Waals surface area contributed by atoms with Crippen LogP contribution in [0.2, 0.25) is 0 Å². The summed E-state index contributed by atoms with van der Waals surface area (Å²) in [5.74, 6) is 1.54. The Morgan fingerprint density at radius 1 is 0.649 bits per heavy atom. The van der Waals surface area contributed by atoms with Crippen LogP contribution in [0.15, 0.2) is 48.5 Å². The van der Waals surface area contributed by atoms with E-state index in [0.717, 1.165) is 33.9 Å². The number of unbranched alkanes of at least 4 members (excludes halogenated alkanes) is 14. The molecule has 0 fully saturated rings. The largest absolute Gasteiger partial charge is 0.497 e. The zero-order valence-electron chi connectivity index (χ0n) is 23.7. The molecule has 204 valence electrons. The van der Waals surface area contributed by atoms with Gasteiger partial charge in [0.15, 0.2) is 0 Å². The molecule has 0 saturated heterocycles. The summed E-state index contributed by atoms with van der Waals surface area (Å²) in [4.78, 5) is 0.834. The molecule has 0 aliphatic rings. The van der Waals surface area contributed by atoms with Crippen molar-refractivity contribution in [2.75, 3.05) is 14.2 Å². The molecule has 0 amide bonds. The second-order valence-electron chi connectivity index (χ2n) is 10.2. The van der Waals surface area contributed by atoms with Gasteiger partial charge in [0.25, 0.3) is 0 Å². The first-order valence-electron chi connectivity index (χ1n) is 14.7. The van der Waals surface area contributed by atoms with Gasteiger partial charge in [0.05, 0.1) is 14.2 Å². The molecule has 0 aromatic heterocycles. The highest BCUT2D eigenvalue weighted by atomic mass is 32.1. The number of allylic oxidation sites excluding steroid dienone is 1. The lowest BCUT2D eigenvalue weighted by Gasteiger charge is -2.06. The van der Waals surface area contributed by atoms with E-state index in [9.17, 15) is 0 Å². The SMILES string of the molecule is CCCCCCCCCCCCCCCCCc1ccc(C(=S)C=Cc2cc(OC)cc(OC)c2)cc1. The molecule has 2 rings (SSSR count). The summed E-state index contributed by atoms with van der Waals surface area (Å²) in [6.45, 7) is 2.29. The molecular formula is C34H50O2S. The smallest absolute Gasteiger partial charge is 0.123 e. The van der Waals surface area contributed by atoms with Gasteiger partial charge < -0.3 is 9.47 Å². The normalized spacial score (nSPS) is 11.2. The van der Waals surface area contributed by atoms with E-state index in [1.54, 1.807) is 14.2 Å². The van der Waals surface area contributed by atoms with Crippen molar-refractivity contribution in [3.05, 3.63) is 65.2 Å². The molecular weight excluding hydrogens is 472 g/mol. The molecule has 0 aliphatic carbocycles. The van der Waals surface area contributed by atoms with Crippen molar-refractivity contribution < 1.29 is 9.47 Å². The average Bonchev–Trinajstić information content (AvgIpc) is 2.93. The van der Waals surface area contributed by atoms with E-state index in [4.69, 9.17) is 21.7 Å². The number of ether oxygens (including phenoxy) is 2. The molecule has 0 aliphatic heterocycles. The Balaban J connectivity index is 1.55. The minimum absolute atomic E-state index is 0.771. The highest BCUT2D eigenvalue weighted by Crippen LogP contribution is 2.23. The molecule has 0 heterocycles. The van der Waals surface area contributed by atoms with E-state index in [-0.39, 0.29) is 0 Å². The van der Waals surface area contributed by atoms with Crippen LogP contribution in [0.4, 0.5) is 0 Å². The van der Waals surface area contributed by atoms with Gasteiger partial charge in [0.2, 0.25) is 0 Å². The lowest BCUT2D eigenvalue weighted by molar-refractivity contribution is 0.394. The molecule has 0 N–H and O–H groups in total. The molecule has 0 atom stereocenters. The summed E-state index contributed by atoms with van der Waals surface area (Å²) in [5.41, 5.74) is 3.49. The van der Waals surface area contributed by atoms with Gasteiger partial charge in [-0.3, -0.25) is 0 Å². The standard InChI is InChI=1S/C34H50O2S/c1-4-5-6-7-8-9-10-11-12-13-14-15-16-17-18-19-29-20-23-31(24-21-29)34(37)25-22-30-26-32(35-2)28-33(27-30)36-3/h20-28H,4-19H2,1-3H3. The van der Waals surface area contributed by atoms with Gasteiger partial charge in [-0.25, -0.2) is 0 Å². The number of hydrogen-bond acceptors (Lipinski definition) is 3. The van der Waals surface area contributed by atoms with Crippen molar-refractivity contribution in [3.63, 3.8) is 0 Å². The van der Waals surface area contributed by atoms with E-state index in [2.05, 4.69) is 31.2 Å². The summed E-state index contributed by atoms with van der Waals surface area (Å²) < 4.78 is 10.7. The third-order valence-electron chi connectivity index (χ3n) is 7.11. The first-order valence-corrected chi connectivity index (χ1v) is 15.1. The summed E-state index contributed by atoms with van der Waals surface area (Å²) in [6.07, 6.45) is 26.3. The Bertz CT molecular complexity index is 878. The molecule has 2 nitrogen and oxygen atoms in total. The molecule has 0 saturated carbocycles. The quantitative estimate of drug-likeness (QED) is 0.0703. The molecule has 0 spiro atoms. The molecule has 0 unspecified atom stereocenters. The van der Waals surface area contributed by atoms with Crippen LogP contribution in [-0.2, 0) is 6.42 Å². The Hall–Kier alpha value is -2.13. The van der Waals surface area contributed by atoms with E-state index >= 15 is 0 Å². The van der Waals surface area contributed by atoms with Crippen LogP contribution in [0.5, 0.6) is 11.5 Å². The number of benzene rings is 2. The number of hydrogen-bond donors (Lipinski definition) is 0. The lowest BCUT2D eigenvalue weighted by Crippen LogP contribution is -1.94. The Kier molecular flexibility index (Phi) is 16.7. The molecule has 3 heteroatoms. The van der Waals surface area contributed by atoms with Crippen LogP contribution in [0, 0.1) is 0 Å². The Morgan fingerprint density at radius 2 is 1.11 bits per heavy atom. The highest BCUT2D eigenvalue weighted by Gasteiger charge is 2.02. The van der Waals surface area contributed by atoms with Gasteiger partial charge >= 0.3 is 0 Å². The maximum Gasteiger partial charge on any atom is 0.123 e. The molecule has 0 radical (unpaired) electrons. The van der Waals surface area contributed by atoms with Crippen molar-refractivity contribution in [1.82, 2.24) is 0 Å². The summed E-state index contributed by atoms with van der Waals surface area (Å²) in [5, 5.41) is 0. The Labute approximate surface area is 232 Å². The highest BCUT2D eigenvalue weighted by molar-refractivity contribution is 7.81. The molecule has 2 aromatic carbocycles. The van der Waals surface area contributed by atoms with Crippen molar-refractivity contribution in [3.8, 4) is 11.5 Å². The minimum atomic E-state index is 0.771. The van der Waals surface area contributed by atoms with Gasteiger partial charge in [-0.05, 0) is 47.7 Å². The monoisotopic (exact) mass is 522 g/mol. The van der Waals surface area contributed by atoms with Gasteiger partial charge in [-0.1, -0.05) is 139 Å². The minimum Gasteiger partial charge on any atom is -0.497 e. The summed E-state index contributed by atoms with van der Waals surface area (Å²) in [6, 6.07) is 14.6. The van der Waals surface area contributed by atoms with Gasteiger partial charge in [-0.15, -0.1) is 0 Å². The maximum atomic E-state index is 5.64. The van der Waals surface area contributed by atoms with Gasteiger partial charge in [0.1, 0.15) is 11.5 Å². The maximum absolute atomic E-state index is 5.64. The fourth-order valence-corrected chi connectivity index (χ4v) is 4.93. The number of rotatable bonds is 21. The van der Waals surface area contributed by atoms with Gasteiger partial charge in [-0.2, -0.15) is 0 Å². The summed E-state index contributed by atoms with van der Waals surface area (Å²) in [7, 11) is 3.32. The van der Waals surface area contributed by atoms with E-state index in [1.165, 1.54) is 102 Å². The first-order chi connectivity index (χ1) is 18.2. The van der Waals surface area contributed by atoms with Crippen LogP contribution in [0.25, 0.3) is 6.08 Å². The second-order valence-corrected chi connectivity index (χ2v) is 10.7. The fraction of sp³-hybridized carbons (Fsp3) is 0.559. The fourth-order valence-electron chi connectivity index (χ4n) is 4.73. The number of methoxy groups -OCH3 is 2. The Morgan fingerprint density at radius 3 is 1.57 bits per heavy atom. The third kappa shape index (κ3) is 13.8. The van der Waals surface area contributed by atoms with Crippen LogP contribution in [-0.4, -0.2) is 19.1 Å². The van der Waals surface area contributed by atoms with Crippen LogP contribution in [0.3, 0.4) is 0 Å². The predicted molar refractivity (Wildman–Crippen MR) is 165 cm³/mol. The third-order valence-corrected chi connectivity index (χ3v) is 7.48. The van der Waals surface area contributed by atoms with E-state index in [0.29, 0.717) is 0 Å². The van der Waals surface area contributed by atoms with Gasteiger partial charge in [0, 0.05) is 10.9 Å². The van der Waals surface area contributed by atoms with E-state index < -0.39 is 0 Å². The van der Waals surface area contributed by atoms with Crippen LogP contribution < -0.4 is 9.47 Å². The zero-order chi connectivity index (χ0) is 26.6. The molecule has 0 bridgehead atoms.